The number of benzene rings is 2. The van der Waals surface area contributed by atoms with Crippen LogP contribution < -0.4 is 4.90 Å². The number of aromatic nitrogens is 2. The molecule has 1 aromatic heterocycles. The summed E-state index contributed by atoms with van der Waals surface area (Å²) < 4.78 is 78.6. The Labute approximate surface area is 210 Å². The number of fused-ring (bicyclic) bond motifs is 1. The van der Waals surface area contributed by atoms with Gasteiger partial charge in [-0.2, -0.15) is 31.4 Å². The highest BCUT2D eigenvalue weighted by molar-refractivity contribution is 5.75. The lowest BCUT2D eigenvalue weighted by Crippen LogP contribution is -2.53. The van der Waals surface area contributed by atoms with Crippen LogP contribution in [0, 0.1) is 12.3 Å². The lowest BCUT2D eigenvalue weighted by Gasteiger charge is -2.33. The fourth-order valence-electron chi connectivity index (χ4n) is 4.12. The molecular formula is C26H28F6N4O. The fourth-order valence-corrected chi connectivity index (χ4v) is 4.12. The van der Waals surface area contributed by atoms with Crippen molar-refractivity contribution in [2.75, 3.05) is 11.4 Å². The van der Waals surface area contributed by atoms with Crippen molar-refractivity contribution in [3.05, 3.63) is 70.9 Å². The Bertz CT molecular complexity index is 1210. The lowest BCUT2D eigenvalue weighted by atomic mass is 9.91. The number of H-pyrrole nitrogens is 1. The standard InChI is InChI=1S/C23H21F6N3O.C3H7N/c1-14-11-19(31-30-14)16-6-9-20-17(12-16)3-2-10-32(20)13-15-4-7-18(8-5-15)21(33,22(24,25)26)23(27,28)29;1-3(2)4/h4-9,11-12,33H,2-3,10,13H2,1H3,(H,30,31);4H,1-2H3. The van der Waals surface area contributed by atoms with E-state index in [1.54, 1.807) is 13.8 Å². The van der Waals surface area contributed by atoms with Crippen LogP contribution in [0.5, 0.6) is 0 Å². The van der Waals surface area contributed by atoms with Gasteiger partial charge in [0.25, 0.3) is 5.60 Å². The first kappa shape index (κ1) is 28.2. The van der Waals surface area contributed by atoms with E-state index in [-0.39, 0.29) is 0 Å². The van der Waals surface area contributed by atoms with Gasteiger partial charge in [0, 0.05) is 41.3 Å². The average molecular weight is 527 g/mol. The molecule has 1 aliphatic heterocycles. The molecular weight excluding hydrogens is 498 g/mol. The van der Waals surface area contributed by atoms with Gasteiger partial charge in [-0.1, -0.05) is 30.3 Å². The molecule has 1 aliphatic rings. The Morgan fingerprint density at radius 1 is 1.00 bits per heavy atom. The average Bonchev–Trinajstić information content (AvgIpc) is 3.23. The van der Waals surface area contributed by atoms with Gasteiger partial charge in [-0.05, 0) is 62.9 Å². The number of rotatable bonds is 4. The zero-order valence-electron chi connectivity index (χ0n) is 20.6. The van der Waals surface area contributed by atoms with Crippen molar-refractivity contribution in [2.24, 2.45) is 0 Å². The summed E-state index contributed by atoms with van der Waals surface area (Å²) in [6.45, 7) is 6.42. The summed E-state index contributed by atoms with van der Waals surface area (Å²) in [4.78, 5) is 2.03. The maximum absolute atomic E-state index is 13.1. The van der Waals surface area contributed by atoms with Crippen LogP contribution in [0.15, 0.2) is 48.5 Å². The number of aliphatic hydroxyl groups is 1. The molecule has 0 saturated carbocycles. The summed E-state index contributed by atoms with van der Waals surface area (Å²) >= 11 is 0. The minimum Gasteiger partial charge on any atom is -0.369 e. The van der Waals surface area contributed by atoms with Gasteiger partial charge >= 0.3 is 12.4 Å². The van der Waals surface area contributed by atoms with Crippen molar-refractivity contribution in [2.45, 2.75) is 58.1 Å². The van der Waals surface area contributed by atoms with Crippen LogP contribution in [0.3, 0.4) is 0 Å². The number of aromatic amines is 1. The molecule has 2 heterocycles. The van der Waals surface area contributed by atoms with Gasteiger partial charge in [0.15, 0.2) is 0 Å². The Balaban J connectivity index is 0.000000886. The molecule has 200 valence electrons. The summed E-state index contributed by atoms with van der Waals surface area (Å²) in [6, 6.07) is 11.6. The molecule has 5 nitrogen and oxygen atoms in total. The number of nitrogens with one attached hydrogen (secondary N) is 2. The first-order chi connectivity index (χ1) is 17.1. The van der Waals surface area contributed by atoms with Gasteiger partial charge in [0.2, 0.25) is 0 Å². The molecule has 0 spiro atoms. The number of alkyl halides is 6. The Kier molecular flexibility index (Phi) is 8.06. The largest absolute Gasteiger partial charge is 0.430 e. The van der Waals surface area contributed by atoms with E-state index < -0.39 is 23.5 Å². The first-order valence-corrected chi connectivity index (χ1v) is 11.5. The maximum Gasteiger partial charge on any atom is 0.430 e. The van der Waals surface area contributed by atoms with E-state index in [1.165, 1.54) is 12.1 Å². The van der Waals surface area contributed by atoms with Crippen molar-refractivity contribution in [1.29, 1.82) is 5.41 Å². The van der Waals surface area contributed by atoms with E-state index in [0.717, 1.165) is 41.0 Å². The van der Waals surface area contributed by atoms with Crippen molar-refractivity contribution < 1.29 is 31.4 Å². The molecule has 0 aliphatic carbocycles. The highest BCUT2D eigenvalue weighted by atomic mass is 19.4. The third-order valence-electron chi connectivity index (χ3n) is 5.86. The molecule has 0 atom stereocenters. The van der Waals surface area contributed by atoms with Gasteiger partial charge in [-0.25, -0.2) is 0 Å². The topological polar surface area (TPSA) is 76.0 Å². The van der Waals surface area contributed by atoms with Gasteiger partial charge in [-0.3, -0.25) is 5.10 Å². The third kappa shape index (κ3) is 6.15. The van der Waals surface area contributed by atoms with E-state index in [0.29, 0.717) is 36.5 Å². The predicted octanol–water partition coefficient (Wildman–Crippen LogP) is 6.70. The molecule has 0 bridgehead atoms. The van der Waals surface area contributed by atoms with Crippen molar-refractivity contribution in [3.63, 3.8) is 0 Å². The van der Waals surface area contributed by atoms with Gasteiger partial charge in [0.1, 0.15) is 0 Å². The van der Waals surface area contributed by atoms with Gasteiger partial charge in [-0.15, -0.1) is 0 Å². The van der Waals surface area contributed by atoms with Crippen LogP contribution in [0.4, 0.5) is 32.0 Å². The molecule has 0 fully saturated rings. The summed E-state index contributed by atoms with van der Waals surface area (Å²) in [6.07, 6.45) is -10.1. The highest BCUT2D eigenvalue weighted by Crippen LogP contribution is 2.50. The third-order valence-corrected chi connectivity index (χ3v) is 5.86. The number of anilines is 1. The van der Waals surface area contributed by atoms with Crippen LogP contribution >= 0.6 is 0 Å². The summed E-state index contributed by atoms with van der Waals surface area (Å²) in [7, 11) is 0. The van der Waals surface area contributed by atoms with Crippen LogP contribution in [0.1, 0.15) is 42.7 Å². The molecule has 3 aromatic rings. The quantitative estimate of drug-likeness (QED) is 0.262. The molecule has 3 N–H and O–H groups in total. The number of aryl methyl sites for hydroxylation is 2. The molecule has 0 unspecified atom stereocenters. The van der Waals surface area contributed by atoms with E-state index >= 15 is 0 Å². The Morgan fingerprint density at radius 2 is 1.59 bits per heavy atom. The predicted molar refractivity (Wildman–Crippen MR) is 130 cm³/mol. The van der Waals surface area contributed by atoms with Crippen LogP contribution in [0.25, 0.3) is 11.3 Å². The van der Waals surface area contributed by atoms with Crippen LogP contribution in [-0.4, -0.2) is 39.9 Å². The second-order valence-corrected chi connectivity index (χ2v) is 9.21. The monoisotopic (exact) mass is 526 g/mol. The SMILES string of the molecule is CC(C)=N.Cc1cc(-c2ccc3c(c2)CCCN3Cc2ccc(C(O)(C(F)(F)F)C(F)(F)F)cc2)n[nH]1. The highest BCUT2D eigenvalue weighted by Gasteiger charge is 2.71. The number of hydrogen-bond acceptors (Lipinski definition) is 4. The number of hydrogen-bond donors (Lipinski definition) is 3. The summed E-state index contributed by atoms with van der Waals surface area (Å²) in [5.41, 5.74) is -0.196. The Morgan fingerprint density at radius 3 is 2.11 bits per heavy atom. The second-order valence-electron chi connectivity index (χ2n) is 9.21. The zero-order chi connectivity index (χ0) is 27.6. The molecule has 11 heteroatoms. The first-order valence-electron chi connectivity index (χ1n) is 11.5. The van der Waals surface area contributed by atoms with E-state index in [1.807, 2.05) is 36.1 Å². The molecule has 4 rings (SSSR count). The van der Waals surface area contributed by atoms with Gasteiger partial charge < -0.3 is 15.4 Å². The zero-order valence-corrected chi connectivity index (χ0v) is 20.6. The number of halogens is 6. The molecule has 0 saturated heterocycles. The molecule has 37 heavy (non-hydrogen) atoms. The van der Waals surface area contributed by atoms with E-state index in [2.05, 4.69) is 10.2 Å². The van der Waals surface area contributed by atoms with Crippen molar-refractivity contribution >= 4 is 11.4 Å². The lowest BCUT2D eigenvalue weighted by molar-refractivity contribution is -0.376. The summed E-state index contributed by atoms with van der Waals surface area (Å²) in [5.74, 6) is 0. The van der Waals surface area contributed by atoms with Crippen molar-refractivity contribution in [3.8, 4) is 11.3 Å². The van der Waals surface area contributed by atoms with E-state index in [9.17, 15) is 31.4 Å². The molecule has 0 amide bonds. The maximum atomic E-state index is 13.1. The smallest absolute Gasteiger partial charge is 0.369 e. The second kappa shape index (κ2) is 10.6. The van der Waals surface area contributed by atoms with Crippen molar-refractivity contribution in [1.82, 2.24) is 10.2 Å². The molecule has 2 aromatic carbocycles. The minimum absolute atomic E-state index is 0.310. The van der Waals surface area contributed by atoms with Crippen LogP contribution in [-0.2, 0) is 18.6 Å². The fraction of sp³-hybridized carbons (Fsp3) is 0.385. The van der Waals surface area contributed by atoms with Crippen LogP contribution in [0.2, 0.25) is 0 Å². The van der Waals surface area contributed by atoms with Gasteiger partial charge in [0.05, 0.1) is 5.69 Å². The Hall–Kier alpha value is -3.34. The van der Waals surface area contributed by atoms with E-state index in [4.69, 9.17) is 5.41 Å². The minimum atomic E-state index is -5.90. The number of nitrogens with zero attached hydrogens (tertiary/aromatic N) is 2. The summed E-state index contributed by atoms with van der Waals surface area (Å²) in [5, 5.41) is 23.2. The normalized spacial score (nSPS) is 14.1. The molecule has 0 radical (unpaired) electrons.